The number of aliphatic carboxylic acids is 1. The fourth-order valence-electron chi connectivity index (χ4n) is 1.68. The van der Waals surface area contributed by atoms with Crippen LogP contribution < -0.4 is 5.32 Å². The predicted octanol–water partition coefficient (Wildman–Crippen LogP) is 3.94. The molecule has 0 aromatic heterocycles. The van der Waals surface area contributed by atoms with Crippen LogP contribution in [0.15, 0.2) is 27.1 Å². The van der Waals surface area contributed by atoms with Crippen LogP contribution in [-0.2, 0) is 11.3 Å². The van der Waals surface area contributed by atoms with E-state index in [1.54, 1.807) is 0 Å². The minimum absolute atomic E-state index is 0.470. The number of rotatable bonds is 7. The second-order valence-electron chi connectivity index (χ2n) is 4.19. The van der Waals surface area contributed by atoms with E-state index in [9.17, 15) is 4.79 Å². The lowest BCUT2D eigenvalue weighted by atomic mass is 10.1. The van der Waals surface area contributed by atoms with Gasteiger partial charge in [0.2, 0.25) is 0 Å². The first-order valence-corrected chi connectivity index (χ1v) is 7.52. The van der Waals surface area contributed by atoms with Gasteiger partial charge in [-0.2, -0.15) is 0 Å². The molecule has 1 rings (SSSR count). The summed E-state index contributed by atoms with van der Waals surface area (Å²) in [6.45, 7) is 2.61. The smallest absolute Gasteiger partial charge is 0.320 e. The summed E-state index contributed by atoms with van der Waals surface area (Å²) < 4.78 is 1.96. The van der Waals surface area contributed by atoms with Gasteiger partial charge < -0.3 is 10.4 Å². The number of carboxylic acid groups (broad SMARTS) is 1. The van der Waals surface area contributed by atoms with Gasteiger partial charge in [-0.1, -0.05) is 51.6 Å². The third kappa shape index (κ3) is 5.50. The highest BCUT2D eigenvalue weighted by molar-refractivity contribution is 9.11. The molecule has 3 nitrogen and oxygen atoms in total. The van der Waals surface area contributed by atoms with E-state index < -0.39 is 12.0 Å². The summed E-state index contributed by atoms with van der Waals surface area (Å²) in [5.41, 5.74) is 1.05. The molecule has 0 unspecified atom stereocenters. The van der Waals surface area contributed by atoms with Crippen molar-refractivity contribution in [1.82, 2.24) is 5.32 Å². The van der Waals surface area contributed by atoms with Gasteiger partial charge in [0.15, 0.2) is 0 Å². The Morgan fingerprint density at radius 1 is 1.33 bits per heavy atom. The summed E-state index contributed by atoms with van der Waals surface area (Å²) in [6.07, 6.45) is 2.60. The van der Waals surface area contributed by atoms with Gasteiger partial charge in [0.25, 0.3) is 0 Å². The Labute approximate surface area is 124 Å². The topological polar surface area (TPSA) is 49.3 Å². The van der Waals surface area contributed by atoms with E-state index >= 15 is 0 Å². The van der Waals surface area contributed by atoms with Crippen molar-refractivity contribution in [1.29, 1.82) is 0 Å². The lowest BCUT2D eigenvalue weighted by Gasteiger charge is -2.14. The largest absolute Gasteiger partial charge is 0.480 e. The maximum Gasteiger partial charge on any atom is 0.320 e. The molecule has 2 N–H and O–H groups in total. The zero-order chi connectivity index (χ0) is 13.5. The maximum atomic E-state index is 11.1. The van der Waals surface area contributed by atoms with Crippen molar-refractivity contribution < 1.29 is 9.90 Å². The minimum Gasteiger partial charge on any atom is -0.480 e. The van der Waals surface area contributed by atoms with Crippen molar-refractivity contribution in [3.63, 3.8) is 0 Å². The highest BCUT2D eigenvalue weighted by Crippen LogP contribution is 2.20. The molecular formula is C13H17Br2NO2. The summed E-state index contributed by atoms with van der Waals surface area (Å²) in [4.78, 5) is 11.1. The van der Waals surface area contributed by atoms with E-state index in [4.69, 9.17) is 5.11 Å². The Morgan fingerprint density at radius 2 is 1.94 bits per heavy atom. The Kier molecular flexibility index (Phi) is 6.89. The van der Waals surface area contributed by atoms with Crippen LogP contribution in [0.1, 0.15) is 31.7 Å². The third-order valence-corrected chi connectivity index (χ3v) is 3.54. The zero-order valence-electron chi connectivity index (χ0n) is 10.2. The lowest BCUT2D eigenvalue weighted by molar-refractivity contribution is -0.139. The van der Waals surface area contributed by atoms with Crippen LogP contribution in [0.5, 0.6) is 0 Å². The van der Waals surface area contributed by atoms with Crippen LogP contribution in [0.4, 0.5) is 0 Å². The molecule has 0 bridgehead atoms. The number of unbranched alkanes of at least 4 members (excludes halogenated alkanes) is 1. The highest BCUT2D eigenvalue weighted by atomic mass is 79.9. The van der Waals surface area contributed by atoms with Crippen molar-refractivity contribution in [2.24, 2.45) is 0 Å². The van der Waals surface area contributed by atoms with Crippen LogP contribution in [0.3, 0.4) is 0 Å². The van der Waals surface area contributed by atoms with Crippen LogP contribution >= 0.6 is 31.9 Å². The molecule has 0 spiro atoms. The molecular weight excluding hydrogens is 362 g/mol. The van der Waals surface area contributed by atoms with Gasteiger partial charge in [-0.05, 0) is 30.2 Å². The van der Waals surface area contributed by atoms with E-state index in [1.807, 2.05) is 18.2 Å². The van der Waals surface area contributed by atoms with E-state index in [1.165, 1.54) is 0 Å². The standard InChI is InChI=1S/C13H17Br2NO2/c1-2-3-4-12(13(17)18)16-8-9-5-10(14)7-11(15)6-9/h5-7,12,16H,2-4,8H2,1H3,(H,17,18)/t12-/m0/s1. The van der Waals surface area contributed by atoms with Gasteiger partial charge in [-0.3, -0.25) is 4.79 Å². The predicted molar refractivity (Wildman–Crippen MR) is 79.6 cm³/mol. The second kappa shape index (κ2) is 7.92. The molecule has 18 heavy (non-hydrogen) atoms. The molecule has 1 aromatic rings. The first-order chi connectivity index (χ1) is 8.52. The van der Waals surface area contributed by atoms with Crippen LogP contribution in [-0.4, -0.2) is 17.1 Å². The molecule has 0 aliphatic rings. The summed E-state index contributed by atoms with van der Waals surface area (Å²) in [5, 5.41) is 12.2. The van der Waals surface area contributed by atoms with Crippen molar-refractivity contribution in [3.8, 4) is 0 Å². The Bertz CT molecular complexity index is 390. The van der Waals surface area contributed by atoms with E-state index in [-0.39, 0.29) is 0 Å². The van der Waals surface area contributed by atoms with E-state index in [0.29, 0.717) is 13.0 Å². The highest BCUT2D eigenvalue weighted by Gasteiger charge is 2.15. The number of carboxylic acids is 1. The van der Waals surface area contributed by atoms with E-state index in [2.05, 4.69) is 44.1 Å². The molecule has 0 saturated carbocycles. The average Bonchev–Trinajstić information content (AvgIpc) is 2.27. The van der Waals surface area contributed by atoms with Crippen molar-refractivity contribution in [2.45, 2.75) is 38.8 Å². The van der Waals surface area contributed by atoms with E-state index in [0.717, 1.165) is 27.4 Å². The maximum absolute atomic E-state index is 11.1. The molecule has 5 heteroatoms. The Hall–Kier alpha value is -0.390. The Balaban J connectivity index is 2.58. The van der Waals surface area contributed by atoms with Crippen molar-refractivity contribution in [2.75, 3.05) is 0 Å². The molecule has 0 aliphatic carbocycles. The summed E-state index contributed by atoms with van der Waals surface area (Å²) in [7, 11) is 0. The van der Waals surface area contributed by atoms with Crippen LogP contribution in [0.25, 0.3) is 0 Å². The molecule has 0 heterocycles. The molecule has 0 saturated heterocycles. The number of hydrogen-bond donors (Lipinski definition) is 2. The average molecular weight is 379 g/mol. The fourth-order valence-corrected chi connectivity index (χ4v) is 3.06. The summed E-state index contributed by atoms with van der Waals surface area (Å²) in [6, 6.07) is 5.45. The van der Waals surface area contributed by atoms with Gasteiger partial charge in [-0.15, -0.1) is 0 Å². The third-order valence-electron chi connectivity index (χ3n) is 2.62. The molecule has 0 aliphatic heterocycles. The summed E-state index contributed by atoms with van der Waals surface area (Å²) in [5.74, 6) is -0.780. The molecule has 0 fully saturated rings. The SMILES string of the molecule is CCCC[C@H](NCc1cc(Br)cc(Br)c1)C(=O)O. The molecule has 0 radical (unpaired) electrons. The lowest BCUT2D eigenvalue weighted by Crippen LogP contribution is -2.36. The number of benzene rings is 1. The first kappa shape index (κ1) is 15.7. The minimum atomic E-state index is -0.780. The van der Waals surface area contributed by atoms with Gasteiger partial charge in [0.1, 0.15) is 6.04 Å². The Morgan fingerprint density at radius 3 is 2.44 bits per heavy atom. The van der Waals surface area contributed by atoms with Gasteiger partial charge >= 0.3 is 5.97 Å². The zero-order valence-corrected chi connectivity index (χ0v) is 13.4. The van der Waals surface area contributed by atoms with Crippen molar-refractivity contribution in [3.05, 3.63) is 32.7 Å². The summed E-state index contributed by atoms with van der Waals surface area (Å²) >= 11 is 6.83. The van der Waals surface area contributed by atoms with Gasteiger partial charge in [-0.25, -0.2) is 0 Å². The molecule has 0 amide bonds. The second-order valence-corrected chi connectivity index (χ2v) is 6.02. The van der Waals surface area contributed by atoms with Gasteiger partial charge in [0, 0.05) is 15.5 Å². The molecule has 1 aromatic carbocycles. The van der Waals surface area contributed by atoms with Crippen LogP contribution in [0, 0.1) is 0 Å². The number of hydrogen-bond acceptors (Lipinski definition) is 2. The molecule has 1 atom stereocenters. The van der Waals surface area contributed by atoms with Crippen LogP contribution in [0.2, 0.25) is 0 Å². The monoisotopic (exact) mass is 377 g/mol. The van der Waals surface area contributed by atoms with Crippen molar-refractivity contribution >= 4 is 37.8 Å². The number of halogens is 2. The first-order valence-electron chi connectivity index (χ1n) is 5.94. The fraction of sp³-hybridized carbons (Fsp3) is 0.462. The van der Waals surface area contributed by atoms with Gasteiger partial charge in [0.05, 0.1) is 0 Å². The molecule has 100 valence electrons. The quantitative estimate of drug-likeness (QED) is 0.755. The number of nitrogens with one attached hydrogen (secondary N) is 1. The number of carbonyl (C=O) groups is 1. The normalized spacial score (nSPS) is 12.4.